The first-order valence-corrected chi connectivity index (χ1v) is 12.3. The van der Waals surface area contributed by atoms with Crippen molar-refractivity contribution in [2.24, 2.45) is 5.16 Å². The third-order valence-electron chi connectivity index (χ3n) is 6.19. The molecule has 11 nitrogen and oxygen atoms in total. The average molecular weight is 494 g/mol. The molecule has 0 spiro atoms. The normalized spacial score (nSPS) is 14.9. The molecule has 2 aromatic heterocycles. The van der Waals surface area contributed by atoms with Gasteiger partial charge >= 0.3 is 11.6 Å². The summed E-state index contributed by atoms with van der Waals surface area (Å²) < 4.78 is 5.46. The van der Waals surface area contributed by atoms with Gasteiger partial charge in [0.25, 0.3) is 0 Å². The van der Waals surface area contributed by atoms with Gasteiger partial charge in [-0.1, -0.05) is 67.8 Å². The topological polar surface area (TPSA) is 133 Å². The molecule has 0 unspecified atom stereocenters. The molecule has 0 amide bonds. The second-order valence-corrected chi connectivity index (χ2v) is 9.11. The number of benzene rings is 1. The maximum atomic E-state index is 12.1. The fraction of sp³-hybridized carbons (Fsp3) is 0.480. The van der Waals surface area contributed by atoms with Crippen LogP contribution in [0.1, 0.15) is 82.0 Å². The number of nitrogens with zero attached hydrogens (tertiary/aromatic N) is 7. The molecule has 1 saturated heterocycles. The van der Waals surface area contributed by atoms with Crippen molar-refractivity contribution in [2.75, 3.05) is 18.0 Å². The van der Waals surface area contributed by atoms with Gasteiger partial charge in [0, 0.05) is 24.9 Å². The maximum absolute atomic E-state index is 12.1. The van der Waals surface area contributed by atoms with Gasteiger partial charge in [-0.15, -0.1) is 0 Å². The van der Waals surface area contributed by atoms with Gasteiger partial charge in [-0.3, -0.25) is 10.1 Å². The standard InChI is InChI=1S/C25H31N7O4/c1-4-5-11-20(18-9-7-6-8-10-18)29-36-25-21(32(33)34)23(26-16-27-25)31-14-12-19(13-15-31)24-28-22(17(2)3)30-35-24/h6-10,16-17,19H,4-5,11-15H2,1-3H3. The lowest BCUT2D eigenvalue weighted by Gasteiger charge is -2.30. The predicted octanol–water partition coefficient (Wildman–Crippen LogP) is 5.25. The lowest BCUT2D eigenvalue weighted by Crippen LogP contribution is -2.34. The number of oxime groups is 1. The molecule has 0 bridgehead atoms. The first kappa shape index (κ1) is 25.2. The van der Waals surface area contributed by atoms with E-state index in [0.717, 1.165) is 18.4 Å². The Labute approximate surface area is 209 Å². The quantitative estimate of drug-likeness (QED) is 0.211. The smallest absolute Gasteiger partial charge is 0.351 e. The molecule has 11 heteroatoms. The molecule has 3 heterocycles. The SMILES string of the molecule is CCCCC(=NOc1ncnc(N2CCC(c3nc(C(C)C)no3)CC2)c1[N+](=O)[O-])c1ccccc1. The van der Waals surface area contributed by atoms with E-state index in [-0.39, 0.29) is 29.2 Å². The highest BCUT2D eigenvalue weighted by molar-refractivity contribution is 6.00. The van der Waals surface area contributed by atoms with Crippen molar-refractivity contribution < 1.29 is 14.3 Å². The van der Waals surface area contributed by atoms with Gasteiger partial charge in [0.05, 0.1) is 10.6 Å². The molecule has 0 N–H and O–H groups in total. The van der Waals surface area contributed by atoms with Crippen LogP contribution in [0.15, 0.2) is 46.3 Å². The Morgan fingerprint density at radius 3 is 2.64 bits per heavy atom. The van der Waals surface area contributed by atoms with E-state index in [1.54, 1.807) is 0 Å². The Morgan fingerprint density at radius 2 is 2.00 bits per heavy atom. The fourth-order valence-electron chi connectivity index (χ4n) is 4.11. The Bertz CT molecular complexity index is 1190. The minimum Gasteiger partial charge on any atom is -0.351 e. The lowest BCUT2D eigenvalue weighted by molar-refractivity contribution is -0.385. The van der Waals surface area contributed by atoms with E-state index < -0.39 is 4.92 Å². The molecule has 1 aliphatic heterocycles. The van der Waals surface area contributed by atoms with Crippen LogP contribution in [0.3, 0.4) is 0 Å². The van der Waals surface area contributed by atoms with Crippen LogP contribution in [-0.2, 0) is 0 Å². The Hall–Kier alpha value is -3.89. The van der Waals surface area contributed by atoms with Crippen LogP contribution in [0.5, 0.6) is 5.88 Å². The van der Waals surface area contributed by atoms with E-state index in [4.69, 9.17) is 9.36 Å². The summed E-state index contributed by atoms with van der Waals surface area (Å²) in [5, 5.41) is 20.4. The van der Waals surface area contributed by atoms with Crippen molar-refractivity contribution in [1.82, 2.24) is 20.1 Å². The summed E-state index contributed by atoms with van der Waals surface area (Å²) in [4.78, 5) is 31.8. The number of nitro groups is 1. The van der Waals surface area contributed by atoms with Crippen LogP contribution in [-0.4, -0.2) is 43.8 Å². The van der Waals surface area contributed by atoms with E-state index in [1.807, 2.05) is 49.1 Å². The van der Waals surface area contributed by atoms with Gasteiger partial charge in [-0.25, -0.2) is 4.98 Å². The summed E-state index contributed by atoms with van der Waals surface area (Å²) in [5.74, 6) is 1.66. The van der Waals surface area contributed by atoms with Crippen LogP contribution in [0.4, 0.5) is 11.5 Å². The fourth-order valence-corrected chi connectivity index (χ4v) is 4.11. The van der Waals surface area contributed by atoms with Crippen LogP contribution >= 0.6 is 0 Å². The van der Waals surface area contributed by atoms with Crippen molar-refractivity contribution in [1.29, 1.82) is 0 Å². The highest BCUT2D eigenvalue weighted by Crippen LogP contribution is 2.37. The molecular formula is C25H31N7O4. The van der Waals surface area contributed by atoms with E-state index in [0.29, 0.717) is 49.8 Å². The molecule has 36 heavy (non-hydrogen) atoms. The molecular weight excluding hydrogens is 462 g/mol. The molecule has 0 atom stereocenters. The number of anilines is 1. The number of rotatable bonds is 10. The summed E-state index contributed by atoms with van der Waals surface area (Å²) in [6.45, 7) is 7.23. The zero-order valence-corrected chi connectivity index (χ0v) is 20.8. The van der Waals surface area contributed by atoms with Gasteiger partial charge in [0.1, 0.15) is 6.33 Å². The van der Waals surface area contributed by atoms with Crippen molar-refractivity contribution in [3.05, 3.63) is 64.1 Å². The summed E-state index contributed by atoms with van der Waals surface area (Å²) >= 11 is 0. The molecule has 3 aromatic rings. The van der Waals surface area contributed by atoms with Crippen molar-refractivity contribution in [3.8, 4) is 5.88 Å². The lowest BCUT2D eigenvalue weighted by atomic mass is 9.96. The third kappa shape index (κ3) is 5.84. The molecule has 4 rings (SSSR count). The van der Waals surface area contributed by atoms with Gasteiger partial charge < -0.3 is 14.3 Å². The van der Waals surface area contributed by atoms with Crippen molar-refractivity contribution in [2.45, 2.75) is 64.7 Å². The van der Waals surface area contributed by atoms with Crippen LogP contribution in [0.25, 0.3) is 0 Å². The van der Waals surface area contributed by atoms with Crippen LogP contribution in [0.2, 0.25) is 0 Å². The van der Waals surface area contributed by atoms with Crippen LogP contribution < -0.4 is 9.74 Å². The first-order valence-electron chi connectivity index (χ1n) is 12.3. The summed E-state index contributed by atoms with van der Waals surface area (Å²) in [5.41, 5.74) is 1.34. The van der Waals surface area contributed by atoms with E-state index in [9.17, 15) is 10.1 Å². The summed E-state index contributed by atoms with van der Waals surface area (Å²) in [6.07, 6.45) is 5.30. The minimum absolute atomic E-state index is 0.106. The second kappa shape index (κ2) is 11.7. The largest absolute Gasteiger partial charge is 0.375 e. The van der Waals surface area contributed by atoms with Gasteiger partial charge in [0.2, 0.25) is 11.7 Å². The van der Waals surface area contributed by atoms with E-state index in [1.165, 1.54) is 6.33 Å². The minimum atomic E-state index is -0.507. The monoisotopic (exact) mass is 493 g/mol. The van der Waals surface area contributed by atoms with Gasteiger partial charge in [0.15, 0.2) is 5.82 Å². The van der Waals surface area contributed by atoms with E-state index in [2.05, 4.69) is 32.2 Å². The zero-order chi connectivity index (χ0) is 25.5. The van der Waals surface area contributed by atoms with E-state index >= 15 is 0 Å². The number of unbranched alkanes of at least 4 members (excludes halogenated alkanes) is 1. The molecule has 1 fully saturated rings. The molecule has 1 aromatic carbocycles. The number of hydrogen-bond acceptors (Lipinski definition) is 10. The number of aromatic nitrogens is 4. The second-order valence-electron chi connectivity index (χ2n) is 9.11. The molecule has 0 saturated carbocycles. The first-order chi connectivity index (χ1) is 17.5. The molecule has 1 aliphatic rings. The maximum Gasteiger partial charge on any atom is 0.375 e. The summed E-state index contributed by atoms with van der Waals surface area (Å²) in [7, 11) is 0. The third-order valence-corrected chi connectivity index (χ3v) is 6.19. The number of hydrogen-bond donors (Lipinski definition) is 0. The predicted molar refractivity (Wildman–Crippen MR) is 134 cm³/mol. The molecule has 0 aliphatic carbocycles. The molecule has 0 radical (unpaired) electrons. The highest BCUT2D eigenvalue weighted by Gasteiger charge is 2.33. The highest BCUT2D eigenvalue weighted by atomic mass is 16.7. The van der Waals surface area contributed by atoms with Gasteiger partial charge in [-0.05, 0) is 31.2 Å². The summed E-state index contributed by atoms with van der Waals surface area (Å²) in [6, 6.07) is 9.64. The van der Waals surface area contributed by atoms with Crippen molar-refractivity contribution in [3.63, 3.8) is 0 Å². The Morgan fingerprint density at radius 1 is 1.25 bits per heavy atom. The Kier molecular flexibility index (Phi) is 8.19. The van der Waals surface area contributed by atoms with Crippen LogP contribution in [0, 0.1) is 10.1 Å². The average Bonchev–Trinajstić information content (AvgIpc) is 3.40. The zero-order valence-electron chi connectivity index (χ0n) is 20.8. The molecule has 190 valence electrons. The Balaban J connectivity index is 1.53. The van der Waals surface area contributed by atoms with Crippen molar-refractivity contribution >= 4 is 17.2 Å². The van der Waals surface area contributed by atoms with Gasteiger partial charge in [-0.2, -0.15) is 9.97 Å². The number of piperidine rings is 1.